The van der Waals surface area contributed by atoms with Gasteiger partial charge in [0.2, 0.25) is 52.6 Å². The average Bonchev–Trinajstić information content (AvgIpc) is 3.97. The molecular formula is C50H71ClN10O12. The Kier molecular flexibility index (Phi) is 21.9. The number of benzene rings is 1. The average molecular weight is 1040 g/mol. The van der Waals surface area contributed by atoms with Crippen LogP contribution in [0.3, 0.4) is 0 Å². The molecule has 73 heavy (non-hydrogen) atoms. The number of carboxylic acid groups (broad SMARTS) is 1. The molecule has 0 saturated carbocycles. The van der Waals surface area contributed by atoms with Crippen LogP contribution in [-0.4, -0.2) is 165 Å². The second-order valence-electron chi connectivity index (χ2n) is 19.2. The number of amides is 8. The summed E-state index contributed by atoms with van der Waals surface area (Å²) in [4.78, 5) is 136. The van der Waals surface area contributed by atoms with Crippen LogP contribution in [-0.2, 0) is 59.0 Å². The number of nitrogens with zero attached hydrogens (tertiary/aromatic N) is 7. The van der Waals surface area contributed by atoms with E-state index in [0.29, 0.717) is 30.7 Å². The molecule has 1 aromatic carbocycles. The molecule has 4 rings (SSSR count). The largest absolute Gasteiger partial charge is 0.480 e. The van der Waals surface area contributed by atoms with E-state index in [4.69, 9.17) is 21.1 Å². The number of rotatable bonds is 26. The molecule has 4 N–H and O–H groups in total. The molecule has 0 bridgehead atoms. The van der Waals surface area contributed by atoms with E-state index in [1.165, 1.54) is 31.1 Å². The number of anilines is 2. The van der Waals surface area contributed by atoms with E-state index in [1.807, 2.05) is 19.9 Å². The van der Waals surface area contributed by atoms with Gasteiger partial charge in [0.1, 0.15) is 18.1 Å². The molecule has 1 saturated heterocycles. The number of hydrogen-bond acceptors (Lipinski definition) is 14. The second kappa shape index (κ2) is 27.1. The maximum Gasteiger partial charge on any atom is 0.326 e. The zero-order valence-corrected chi connectivity index (χ0v) is 44.3. The van der Waals surface area contributed by atoms with Crippen molar-refractivity contribution in [3.8, 4) is 0 Å². The third-order valence-corrected chi connectivity index (χ3v) is 13.7. The van der Waals surface area contributed by atoms with Crippen LogP contribution in [0.15, 0.2) is 42.5 Å². The Morgan fingerprint density at radius 2 is 1.49 bits per heavy atom. The van der Waals surface area contributed by atoms with Crippen LogP contribution >= 0.6 is 11.6 Å². The van der Waals surface area contributed by atoms with E-state index < -0.39 is 119 Å². The first-order valence-electron chi connectivity index (χ1n) is 24.5. The summed E-state index contributed by atoms with van der Waals surface area (Å²) >= 11 is 5.97. The van der Waals surface area contributed by atoms with Crippen LogP contribution in [0, 0.1) is 23.7 Å². The van der Waals surface area contributed by atoms with Gasteiger partial charge < -0.3 is 39.9 Å². The molecule has 8 amide bonds. The fourth-order valence-electron chi connectivity index (χ4n) is 9.39. The van der Waals surface area contributed by atoms with Gasteiger partial charge in [0.05, 0.1) is 36.6 Å². The lowest BCUT2D eigenvalue weighted by Gasteiger charge is -2.41. The maximum absolute atomic E-state index is 14.6. The Morgan fingerprint density at radius 1 is 0.849 bits per heavy atom. The zero-order valence-electron chi connectivity index (χ0n) is 43.5. The molecule has 1 aromatic heterocycles. The molecule has 2 aliphatic heterocycles. The van der Waals surface area contributed by atoms with Crippen LogP contribution in [0.25, 0.3) is 0 Å². The topological polar surface area (TPSA) is 280 Å². The fourth-order valence-corrected chi connectivity index (χ4v) is 9.54. The first-order valence-corrected chi connectivity index (χ1v) is 24.9. The van der Waals surface area contributed by atoms with Gasteiger partial charge in [-0.25, -0.2) is 9.69 Å². The van der Waals surface area contributed by atoms with Gasteiger partial charge >= 0.3 is 5.97 Å². The molecule has 2 aliphatic rings. The minimum Gasteiger partial charge on any atom is -0.480 e. The number of ether oxygens (including phenoxy) is 2. The van der Waals surface area contributed by atoms with Crippen molar-refractivity contribution in [1.82, 2.24) is 40.3 Å². The summed E-state index contributed by atoms with van der Waals surface area (Å²) in [5, 5.41) is 17.5. The van der Waals surface area contributed by atoms with Crippen LogP contribution in [0.5, 0.6) is 0 Å². The van der Waals surface area contributed by atoms with Gasteiger partial charge in [0.25, 0.3) is 11.8 Å². The highest BCUT2D eigenvalue weighted by atomic mass is 35.5. The summed E-state index contributed by atoms with van der Waals surface area (Å²) in [5.74, 6) is -8.39. The van der Waals surface area contributed by atoms with E-state index in [1.54, 1.807) is 70.8 Å². The molecule has 23 heteroatoms. The van der Waals surface area contributed by atoms with Gasteiger partial charge in [-0.05, 0) is 47.8 Å². The molecular weight excluding hydrogens is 968 g/mol. The number of halogens is 1. The molecule has 9 atom stereocenters. The third-order valence-electron chi connectivity index (χ3n) is 13.5. The quantitative estimate of drug-likeness (QED) is 0.0986. The molecule has 1 fully saturated rings. The molecule has 0 spiro atoms. The van der Waals surface area contributed by atoms with Crippen molar-refractivity contribution in [2.45, 2.75) is 136 Å². The predicted octanol–water partition coefficient (Wildman–Crippen LogP) is 3.03. The number of hydrogen-bond donors (Lipinski definition) is 4. The number of likely N-dealkylation sites (tertiary alicyclic amines) is 1. The SMILES string of the molecule is CC[C@H](C)[C@@H]([C@@H](CC(=O)N1CCC[C@H]1[C@H](OC)[C@@H](C)C(=O)N[C@@H](Cc1ccccc1)C(=O)O)OC)N(C)C(=O)[C@@H](NC(=O)[C@H](C(C)C)N(C)C(=O)CCC(=O)Nc1nc(Cl)nc(N2C(=O)C=CC2=O)n1)C(C)C. The third kappa shape index (κ3) is 15.3. The highest BCUT2D eigenvalue weighted by molar-refractivity contribution is 6.29. The smallest absolute Gasteiger partial charge is 0.326 e. The number of aromatic nitrogens is 3. The van der Waals surface area contributed by atoms with Crippen molar-refractivity contribution in [1.29, 1.82) is 0 Å². The van der Waals surface area contributed by atoms with E-state index in [0.717, 1.165) is 17.7 Å². The summed E-state index contributed by atoms with van der Waals surface area (Å²) in [5.41, 5.74) is 0.745. The summed E-state index contributed by atoms with van der Waals surface area (Å²) in [6.07, 6.45) is 1.48. The van der Waals surface area contributed by atoms with Gasteiger partial charge in [-0.2, -0.15) is 15.0 Å². The van der Waals surface area contributed by atoms with Crippen molar-refractivity contribution >= 4 is 76.7 Å². The Hall–Kier alpha value is -6.39. The molecule has 22 nitrogen and oxygen atoms in total. The maximum atomic E-state index is 14.6. The highest BCUT2D eigenvalue weighted by Crippen LogP contribution is 2.30. The molecule has 0 unspecified atom stereocenters. The number of nitrogens with one attached hydrogen (secondary N) is 3. The van der Waals surface area contributed by atoms with Gasteiger partial charge in [-0.1, -0.05) is 85.2 Å². The number of carboxylic acids is 1. The van der Waals surface area contributed by atoms with Crippen molar-refractivity contribution in [3.05, 3.63) is 53.3 Å². The van der Waals surface area contributed by atoms with Gasteiger partial charge in [0, 0.05) is 66.3 Å². The zero-order chi connectivity index (χ0) is 54.4. The minimum atomic E-state index is -1.18. The summed E-state index contributed by atoms with van der Waals surface area (Å²) in [6.45, 7) is 13.0. The second-order valence-corrected chi connectivity index (χ2v) is 19.6. The lowest BCUT2D eigenvalue weighted by atomic mass is 9.89. The Bertz CT molecular complexity index is 2340. The number of likely N-dealkylation sites (N-methyl/N-ethyl adjacent to an activating group) is 2. The lowest BCUT2D eigenvalue weighted by molar-refractivity contribution is -0.149. The van der Waals surface area contributed by atoms with Crippen molar-refractivity contribution in [3.63, 3.8) is 0 Å². The Morgan fingerprint density at radius 3 is 2.05 bits per heavy atom. The molecule has 3 heterocycles. The minimum absolute atomic E-state index is 0.0828. The van der Waals surface area contributed by atoms with E-state index >= 15 is 0 Å². The predicted molar refractivity (Wildman–Crippen MR) is 268 cm³/mol. The molecule has 0 radical (unpaired) electrons. The van der Waals surface area contributed by atoms with Crippen LogP contribution in [0.2, 0.25) is 5.28 Å². The summed E-state index contributed by atoms with van der Waals surface area (Å²) < 4.78 is 11.9. The Labute approximate surface area is 431 Å². The van der Waals surface area contributed by atoms with E-state index in [2.05, 4.69) is 30.9 Å². The number of imide groups is 1. The van der Waals surface area contributed by atoms with Gasteiger partial charge in [0.15, 0.2) is 0 Å². The monoisotopic (exact) mass is 1040 g/mol. The Balaban J connectivity index is 1.43. The number of carbonyl (C=O) groups excluding carboxylic acids is 8. The number of aliphatic carboxylic acids is 1. The van der Waals surface area contributed by atoms with Crippen molar-refractivity contribution in [2.24, 2.45) is 23.7 Å². The fraction of sp³-hybridized carbons (Fsp3) is 0.600. The molecule has 2 aromatic rings. The first-order chi connectivity index (χ1) is 34.4. The van der Waals surface area contributed by atoms with Crippen LogP contribution in [0.4, 0.5) is 11.9 Å². The van der Waals surface area contributed by atoms with Gasteiger partial charge in [-0.3, -0.25) is 43.7 Å². The first kappa shape index (κ1) is 59.2. The summed E-state index contributed by atoms with van der Waals surface area (Å²) in [7, 11) is 5.95. The van der Waals surface area contributed by atoms with Crippen molar-refractivity contribution in [2.75, 3.05) is 45.1 Å². The molecule has 0 aliphatic carbocycles. The van der Waals surface area contributed by atoms with Crippen LogP contribution < -0.4 is 20.9 Å². The lowest BCUT2D eigenvalue weighted by Crippen LogP contribution is -2.60. The van der Waals surface area contributed by atoms with E-state index in [9.17, 15) is 48.3 Å². The van der Waals surface area contributed by atoms with Crippen LogP contribution in [0.1, 0.15) is 92.6 Å². The molecule has 400 valence electrons. The van der Waals surface area contributed by atoms with Crippen molar-refractivity contribution < 1.29 is 57.7 Å². The van der Waals surface area contributed by atoms with E-state index in [-0.39, 0.29) is 43.5 Å². The normalized spacial score (nSPS) is 17.9. The summed E-state index contributed by atoms with van der Waals surface area (Å²) in [6, 6.07) is 4.49. The number of methoxy groups -OCH3 is 2. The van der Waals surface area contributed by atoms with Gasteiger partial charge in [-0.15, -0.1) is 0 Å². The number of carbonyl (C=O) groups is 9. The highest BCUT2D eigenvalue weighted by Gasteiger charge is 2.44. The standard InChI is InChI=1S/C50H71ClN10O12/c1-12-29(6)42(34(72-10)26-39(66)60-24-16-19-33(60)43(73-11)30(7)44(67)52-32(47(70)71)25-31-17-14-13-15-18-31)59(9)46(69)40(27(2)3)54-45(68)41(28(4)5)58(8)36(63)21-20-35(62)53-49-55-48(51)56-50(57-49)61-37(64)22-23-38(61)65/h13-15,17-18,22-23,27-30,32-34,40-43H,12,16,19-21,24-26H2,1-11H3,(H,52,67)(H,54,68)(H,70,71)(H,53,55,56,57,62)/t29-,30+,32-,33-,34+,40-,41-,42-,43+/m0/s1.